The van der Waals surface area contributed by atoms with E-state index in [0.29, 0.717) is 12.6 Å². The monoisotopic (exact) mass is 212 g/mol. The summed E-state index contributed by atoms with van der Waals surface area (Å²) < 4.78 is 4.85. The first-order chi connectivity index (χ1) is 7.15. The SMILES string of the molecule is COC/C=C/C(=O)N1CCN(C)C(C)C1. The number of piperazine rings is 1. The predicted molar refractivity (Wildman–Crippen MR) is 59.7 cm³/mol. The van der Waals surface area contributed by atoms with Gasteiger partial charge in [-0.2, -0.15) is 0 Å². The Kier molecular flexibility index (Phi) is 4.78. The maximum Gasteiger partial charge on any atom is 0.246 e. The molecule has 0 radical (unpaired) electrons. The van der Waals surface area contributed by atoms with E-state index < -0.39 is 0 Å². The summed E-state index contributed by atoms with van der Waals surface area (Å²) in [7, 11) is 3.71. The molecule has 1 fully saturated rings. The molecule has 86 valence electrons. The van der Waals surface area contributed by atoms with Gasteiger partial charge >= 0.3 is 0 Å². The Morgan fingerprint density at radius 3 is 2.87 bits per heavy atom. The minimum atomic E-state index is 0.0898. The highest BCUT2D eigenvalue weighted by molar-refractivity contribution is 5.87. The molecule has 1 saturated heterocycles. The lowest BCUT2D eigenvalue weighted by Gasteiger charge is -2.37. The van der Waals surface area contributed by atoms with E-state index in [-0.39, 0.29) is 5.91 Å². The summed E-state index contributed by atoms with van der Waals surface area (Å²) in [6, 6.07) is 0.443. The number of nitrogens with zero attached hydrogens (tertiary/aromatic N) is 2. The summed E-state index contributed by atoms with van der Waals surface area (Å²) in [6.07, 6.45) is 3.35. The van der Waals surface area contributed by atoms with Crippen molar-refractivity contribution >= 4 is 5.91 Å². The van der Waals surface area contributed by atoms with E-state index in [1.165, 1.54) is 0 Å². The number of methoxy groups -OCH3 is 1. The zero-order valence-corrected chi connectivity index (χ0v) is 9.77. The number of carbonyl (C=O) groups is 1. The maximum atomic E-state index is 11.7. The number of hydrogen-bond acceptors (Lipinski definition) is 3. The van der Waals surface area contributed by atoms with E-state index in [0.717, 1.165) is 19.6 Å². The van der Waals surface area contributed by atoms with Crippen molar-refractivity contribution in [2.45, 2.75) is 13.0 Å². The minimum absolute atomic E-state index is 0.0898. The normalized spacial score (nSPS) is 23.7. The smallest absolute Gasteiger partial charge is 0.246 e. The number of carbonyl (C=O) groups excluding carboxylic acids is 1. The van der Waals surface area contributed by atoms with Crippen LogP contribution in [0.3, 0.4) is 0 Å². The molecule has 15 heavy (non-hydrogen) atoms. The molecule has 4 nitrogen and oxygen atoms in total. The molecule has 0 N–H and O–H groups in total. The third-order valence-corrected chi connectivity index (χ3v) is 2.79. The second-order valence-electron chi connectivity index (χ2n) is 3.97. The van der Waals surface area contributed by atoms with Crippen molar-refractivity contribution in [1.82, 2.24) is 9.80 Å². The largest absolute Gasteiger partial charge is 0.381 e. The Morgan fingerprint density at radius 1 is 1.53 bits per heavy atom. The van der Waals surface area contributed by atoms with Crippen LogP contribution in [-0.4, -0.2) is 62.1 Å². The molecule has 1 atom stereocenters. The molecule has 0 aromatic heterocycles. The van der Waals surface area contributed by atoms with E-state index in [4.69, 9.17) is 4.74 Å². The second-order valence-corrected chi connectivity index (χ2v) is 3.97. The molecule has 1 unspecified atom stereocenters. The summed E-state index contributed by atoms with van der Waals surface area (Å²) >= 11 is 0. The predicted octanol–water partition coefficient (Wildman–Crippen LogP) is 0.352. The Hall–Kier alpha value is -0.870. The van der Waals surface area contributed by atoms with Crippen molar-refractivity contribution in [2.24, 2.45) is 0 Å². The third kappa shape index (κ3) is 3.64. The Balaban J connectivity index is 2.40. The Labute approximate surface area is 91.5 Å². The Bertz CT molecular complexity index is 241. The summed E-state index contributed by atoms with van der Waals surface area (Å²) in [5.74, 6) is 0.0898. The van der Waals surface area contributed by atoms with Gasteiger partial charge in [-0.3, -0.25) is 4.79 Å². The summed E-state index contributed by atoms with van der Waals surface area (Å²) in [5, 5.41) is 0. The van der Waals surface area contributed by atoms with Crippen LogP contribution in [0.2, 0.25) is 0 Å². The van der Waals surface area contributed by atoms with Gasteiger partial charge in [-0.1, -0.05) is 6.08 Å². The molecule has 0 aromatic rings. The standard InChI is InChI=1S/C11H20N2O2/c1-10-9-13(7-6-12(10)2)11(14)5-4-8-15-3/h4-5,10H,6-9H2,1-3H3/b5-4+. The van der Waals surface area contributed by atoms with Crippen LogP contribution in [0.15, 0.2) is 12.2 Å². The number of ether oxygens (including phenoxy) is 1. The minimum Gasteiger partial charge on any atom is -0.381 e. The number of likely N-dealkylation sites (N-methyl/N-ethyl adjacent to an activating group) is 1. The molecule has 1 rings (SSSR count). The highest BCUT2D eigenvalue weighted by Gasteiger charge is 2.22. The van der Waals surface area contributed by atoms with Crippen molar-refractivity contribution in [1.29, 1.82) is 0 Å². The zero-order valence-electron chi connectivity index (χ0n) is 9.77. The van der Waals surface area contributed by atoms with E-state index in [1.54, 1.807) is 19.3 Å². The molecule has 0 saturated carbocycles. The number of rotatable bonds is 3. The number of hydrogen-bond donors (Lipinski definition) is 0. The topological polar surface area (TPSA) is 32.8 Å². The van der Waals surface area contributed by atoms with Crippen LogP contribution in [0.5, 0.6) is 0 Å². The molecular formula is C11H20N2O2. The van der Waals surface area contributed by atoms with Gasteiger partial charge in [0.05, 0.1) is 6.61 Å². The third-order valence-electron chi connectivity index (χ3n) is 2.79. The van der Waals surface area contributed by atoms with Gasteiger partial charge in [0.25, 0.3) is 0 Å². The van der Waals surface area contributed by atoms with Crippen LogP contribution in [0.25, 0.3) is 0 Å². The lowest BCUT2D eigenvalue weighted by atomic mass is 10.2. The molecule has 0 aliphatic carbocycles. The first kappa shape index (κ1) is 12.2. The fraction of sp³-hybridized carbons (Fsp3) is 0.727. The van der Waals surface area contributed by atoms with E-state index in [9.17, 15) is 4.79 Å². The molecule has 1 aliphatic heterocycles. The summed E-state index contributed by atoms with van der Waals surface area (Å²) in [5.41, 5.74) is 0. The van der Waals surface area contributed by atoms with Crippen LogP contribution in [0.1, 0.15) is 6.92 Å². The van der Waals surface area contributed by atoms with Crippen molar-refractivity contribution in [3.63, 3.8) is 0 Å². The fourth-order valence-corrected chi connectivity index (χ4v) is 1.60. The van der Waals surface area contributed by atoms with Crippen molar-refractivity contribution in [3.05, 3.63) is 12.2 Å². The van der Waals surface area contributed by atoms with Gasteiger partial charge < -0.3 is 14.5 Å². The first-order valence-corrected chi connectivity index (χ1v) is 5.29. The van der Waals surface area contributed by atoms with Crippen LogP contribution < -0.4 is 0 Å². The zero-order chi connectivity index (χ0) is 11.3. The average molecular weight is 212 g/mol. The van der Waals surface area contributed by atoms with Crippen LogP contribution in [-0.2, 0) is 9.53 Å². The van der Waals surface area contributed by atoms with E-state index >= 15 is 0 Å². The molecule has 4 heteroatoms. The van der Waals surface area contributed by atoms with Crippen molar-refractivity contribution in [2.75, 3.05) is 40.4 Å². The van der Waals surface area contributed by atoms with E-state index in [1.807, 2.05) is 4.90 Å². The van der Waals surface area contributed by atoms with Gasteiger partial charge in [-0.15, -0.1) is 0 Å². The highest BCUT2D eigenvalue weighted by Crippen LogP contribution is 2.07. The number of amides is 1. The quantitative estimate of drug-likeness (QED) is 0.633. The fourth-order valence-electron chi connectivity index (χ4n) is 1.60. The van der Waals surface area contributed by atoms with Crippen LogP contribution >= 0.6 is 0 Å². The maximum absolute atomic E-state index is 11.7. The lowest BCUT2D eigenvalue weighted by molar-refractivity contribution is -0.128. The van der Waals surface area contributed by atoms with Crippen molar-refractivity contribution < 1.29 is 9.53 Å². The highest BCUT2D eigenvalue weighted by atomic mass is 16.5. The molecular weight excluding hydrogens is 192 g/mol. The van der Waals surface area contributed by atoms with Crippen LogP contribution in [0, 0.1) is 0 Å². The lowest BCUT2D eigenvalue weighted by Crippen LogP contribution is -2.51. The molecule has 0 bridgehead atoms. The molecule has 1 heterocycles. The Morgan fingerprint density at radius 2 is 2.27 bits per heavy atom. The van der Waals surface area contributed by atoms with Gasteiger partial charge in [0.15, 0.2) is 0 Å². The summed E-state index contributed by atoms with van der Waals surface area (Å²) in [4.78, 5) is 15.8. The van der Waals surface area contributed by atoms with Gasteiger partial charge in [0.1, 0.15) is 0 Å². The van der Waals surface area contributed by atoms with Crippen LogP contribution in [0.4, 0.5) is 0 Å². The average Bonchev–Trinajstić information content (AvgIpc) is 2.22. The molecule has 1 amide bonds. The van der Waals surface area contributed by atoms with Crippen molar-refractivity contribution in [3.8, 4) is 0 Å². The van der Waals surface area contributed by atoms with Gasteiger partial charge in [0.2, 0.25) is 5.91 Å². The van der Waals surface area contributed by atoms with E-state index in [2.05, 4.69) is 18.9 Å². The molecule has 1 aliphatic rings. The second kappa shape index (κ2) is 5.88. The van der Waals surface area contributed by atoms with Gasteiger partial charge in [-0.05, 0) is 14.0 Å². The first-order valence-electron chi connectivity index (χ1n) is 5.29. The van der Waals surface area contributed by atoms with Gasteiger partial charge in [0, 0.05) is 38.9 Å². The molecule has 0 spiro atoms. The molecule has 0 aromatic carbocycles. The summed E-state index contributed by atoms with van der Waals surface area (Å²) in [6.45, 7) is 5.21. The van der Waals surface area contributed by atoms with Gasteiger partial charge in [-0.25, -0.2) is 0 Å².